The van der Waals surface area contributed by atoms with Crippen LogP contribution in [-0.2, 0) is 24.2 Å². The van der Waals surface area contributed by atoms with Crippen LogP contribution in [0, 0.1) is 0 Å². The summed E-state index contributed by atoms with van der Waals surface area (Å²) < 4.78 is 0. The highest BCUT2D eigenvalue weighted by Gasteiger charge is 2.22. The molecule has 0 aromatic heterocycles. The van der Waals surface area contributed by atoms with Crippen LogP contribution < -0.4 is 5.73 Å². The minimum atomic E-state index is -0.249. The summed E-state index contributed by atoms with van der Waals surface area (Å²) in [4.78, 5) is 16.4. The quantitative estimate of drug-likeness (QED) is 0.396. The fourth-order valence-corrected chi connectivity index (χ4v) is 4.92. The van der Waals surface area contributed by atoms with Crippen LogP contribution in [0.5, 0.6) is 5.75 Å². The highest BCUT2D eigenvalue weighted by atomic mass is 16.3. The maximum atomic E-state index is 11.4. The van der Waals surface area contributed by atoms with Gasteiger partial charge in [-0.3, -0.25) is 9.69 Å². The Morgan fingerprint density at radius 3 is 2.32 bits per heavy atom. The van der Waals surface area contributed by atoms with Crippen LogP contribution in [0.3, 0.4) is 0 Å². The van der Waals surface area contributed by atoms with Gasteiger partial charge in [0, 0.05) is 50.7 Å². The molecule has 0 saturated heterocycles. The van der Waals surface area contributed by atoms with Crippen LogP contribution in [0.2, 0.25) is 0 Å². The molecule has 0 atom stereocenters. The average molecular weight is 468 g/mol. The van der Waals surface area contributed by atoms with Gasteiger partial charge in [0.1, 0.15) is 5.75 Å². The number of benzene rings is 2. The summed E-state index contributed by atoms with van der Waals surface area (Å²) in [5.41, 5.74) is 8.48. The van der Waals surface area contributed by atoms with Crippen molar-refractivity contribution < 1.29 is 15.0 Å². The molecule has 3 rings (SSSR count). The summed E-state index contributed by atoms with van der Waals surface area (Å²) >= 11 is 0. The Balaban J connectivity index is 1.61. The molecule has 0 bridgehead atoms. The van der Waals surface area contributed by atoms with Crippen molar-refractivity contribution in [3.8, 4) is 5.75 Å². The number of carbonyl (C=O) groups excluding carboxylic acids is 1. The number of rotatable bonds is 14. The molecule has 6 nitrogen and oxygen atoms in total. The van der Waals surface area contributed by atoms with E-state index in [-0.39, 0.29) is 18.3 Å². The molecule has 0 radical (unpaired) electrons. The topological polar surface area (TPSA) is 90.0 Å². The molecule has 1 amide bonds. The summed E-state index contributed by atoms with van der Waals surface area (Å²) in [6.07, 6.45) is 8.60. The fourth-order valence-electron chi connectivity index (χ4n) is 4.92. The molecule has 2 aromatic carbocycles. The van der Waals surface area contributed by atoms with Crippen molar-refractivity contribution in [1.82, 2.24) is 9.80 Å². The molecule has 1 saturated carbocycles. The molecule has 2 aromatic rings. The lowest BCUT2D eigenvalue weighted by Gasteiger charge is -2.36. The Kier molecular flexibility index (Phi) is 10.9. The zero-order chi connectivity index (χ0) is 24.2. The van der Waals surface area contributed by atoms with Gasteiger partial charge in [0.05, 0.1) is 6.61 Å². The number of primary amides is 1. The number of aromatic hydroxyl groups is 1. The smallest absolute Gasteiger partial charge is 0.218 e. The van der Waals surface area contributed by atoms with Crippen LogP contribution in [0.15, 0.2) is 48.5 Å². The van der Waals surface area contributed by atoms with E-state index >= 15 is 0 Å². The highest BCUT2D eigenvalue weighted by molar-refractivity contribution is 5.73. The van der Waals surface area contributed by atoms with Crippen LogP contribution in [0.4, 0.5) is 0 Å². The monoisotopic (exact) mass is 467 g/mol. The zero-order valence-corrected chi connectivity index (χ0v) is 20.4. The van der Waals surface area contributed by atoms with E-state index in [1.165, 1.54) is 37.7 Å². The number of nitrogens with two attached hydrogens (primary N) is 1. The average Bonchev–Trinajstić information content (AvgIpc) is 2.87. The third-order valence-electron chi connectivity index (χ3n) is 7.03. The molecular formula is C28H41N3O3. The van der Waals surface area contributed by atoms with E-state index < -0.39 is 0 Å². The third-order valence-corrected chi connectivity index (χ3v) is 7.03. The summed E-state index contributed by atoms with van der Waals surface area (Å²) in [6.45, 7) is 4.27. The number of aliphatic hydroxyl groups excluding tert-OH is 1. The maximum absolute atomic E-state index is 11.4. The van der Waals surface area contributed by atoms with Crippen molar-refractivity contribution in [1.29, 1.82) is 0 Å². The van der Waals surface area contributed by atoms with Crippen molar-refractivity contribution in [2.24, 2.45) is 5.73 Å². The lowest BCUT2D eigenvalue weighted by atomic mass is 9.93. The molecule has 1 aliphatic carbocycles. The Labute approximate surface area is 204 Å². The summed E-state index contributed by atoms with van der Waals surface area (Å²) in [6, 6.07) is 16.6. The summed E-state index contributed by atoms with van der Waals surface area (Å²) in [5, 5.41) is 19.4. The van der Waals surface area contributed by atoms with Gasteiger partial charge in [0.15, 0.2) is 0 Å². The van der Waals surface area contributed by atoms with Crippen LogP contribution >= 0.6 is 0 Å². The first-order valence-electron chi connectivity index (χ1n) is 12.8. The van der Waals surface area contributed by atoms with E-state index in [4.69, 9.17) is 5.73 Å². The lowest BCUT2D eigenvalue weighted by molar-refractivity contribution is -0.118. The predicted molar refractivity (Wildman–Crippen MR) is 137 cm³/mol. The van der Waals surface area contributed by atoms with Crippen molar-refractivity contribution in [2.45, 2.75) is 64.0 Å². The Morgan fingerprint density at radius 2 is 1.62 bits per heavy atom. The fraction of sp³-hybridized carbons (Fsp3) is 0.536. The molecule has 0 heterocycles. The first kappa shape index (κ1) is 26.2. The number of phenols is 1. The first-order chi connectivity index (χ1) is 16.5. The van der Waals surface area contributed by atoms with Crippen molar-refractivity contribution in [3.63, 3.8) is 0 Å². The predicted octanol–water partition coefficient (Wildman–Crippen LogP) is 3.48. The molecule has 0 unspecified atom stereocenters. The van der Waals surface area contributed by atoms with E-state index in [1.807, 2.05) is 18.2 Å². The molecular weight excluding hydrogens is 426 g/mol. The standard InChI is InChI=1S/C28H41N3O3/c29-28(34)15-17-30(16-13-23-7-3-1-4-8-23)19-20-31(26-9-5-2-6-10-26)18-14-24-11-12-27(33)25(21-24)22-32/h1,3-4,7-8,11-12,21,26,32-33H,2,5-6,9-10,13-20,22H2,(H2,29,34). The molecule has 1 aliphatic rings. The summed E-state index contributed by atoms with van der Waals surface area (Å²) in [7, 11) is 0. The van der Waals surface area contributed by atoms with Gasteiger partial charge in [-0.05, 0) is 48.9 Å². The largest absolute Gasteiger partial charge is 0.508 e. The normalized spacial score (nSPS) is 14.7. The second-order valence-electron chi connectivity index (χ2n) is 9.49. The molecule has 1 fully saturated rings. The van der Waals surface area contributed by atoms with E-state index in [2.05, 4.69) is 34.1 Å². The Morgan fingerprint density at radius 1 is 0.882 bits per heavy atom. The maximum Gasteiger partial charge on any atom is 0.218 e. The molecule has 34 heavy (non-hydrogen) atoms. The van der Waals surface area contributed by atoms with Crippen molar-refractivity contribution in [2.75, 3.05) is 32.7 Å². The van der Waals surface area contributed by atoms with Gasteiger partial charge < -0.3 is 20.8 Å². The Bertz CT molecular complexity index is 868. The van der Waals surface area contributed by atoms with E-state index in [0.717, 1.165) is 44.6 Å². The van der Waals surface area contributed by atoms with Gasteiger partial charge in [-0.2, -0.15) is 0 Å². The van der Waals surface area contributed by atoms with Gasteiger partial charge in [-0.1, -0.05) is 55.7 Å². The number of hydrogen-bond acceptors (Lipinski definition) is 5. The van der Waals surface area contributed by atoms with Crippen LogP contribution in [-0.4, -0.2) is 64.7 Å². The Hall–Kier alpha value is -2.41. The third kappa shape index (κ3) is 8.75. The zero-order valence-electron chi connectivity index (χ0n) is 20.4. The lowest BCUT2D eigenvalue weighted by Crippen LogP contribution is -2.44. The molecule has 0 spiro atoms. The molecule has 4 N–H and O–H groups in total. The second-order valence-corrected chi connectivity index (χ2v) is 9.49. The number of carbonyl (C=O) groups is 1. The van der Waals surface area contributed by atoms with Gasteiger partial charge >= 0.3 is 0 Å². The van der Waals surface area contributed by atoms with Crippen molar-refractivity contribution in [3.05, 3.63) is 65.2 Å². The molecule has 6 heteroatoms. The number of amides is 1. The van der Waals surface area contributed by atoms with Gasteiger partial charge in [0.25, 0.3) is 0 Å². The number of nitrogens with zero attached hydrogens (tertiary/aromatic N) is 2. The number of aliphatic hydroxyl groups is 1. The first-order valence-corrected chi connectivity index (χ1v) is 12.8. The van der Waals surface area contributed by atoms with E-state index in [9.17, 15) is 15.0 Å². The second kappa shape index (κ2) is 14.1. The van der Waals surface area contributed by atoms with Gasteiger partial charge in [-0.15, -0.1) is 0 Å². The van der Waals surface area contributed by atoms with Crippen LogP contribution in [0.1, 0.15) is 55.2 Å². The molecule has 186 valence electrons. The highest BCUT2D eigenvalue weighted by Crippen LogP contribution is 2.24. The minimum absolute atomic E-state index is 0.151. The van der Waals surface area contributed by atoms with Crippen molar-refractivity contribution >= 4 is 5.91 Å². The minimum Gasteiger partial charge on any atom is -0.508 e. The summed E-state index contributed by atoms with van der Waals surface area (Å²) in [5.74, 6) is -0.0974. The molecule has 0 aliphatic heterocycles. The van der Waals surface area contributed by atoms with E-state index in [0.29, 0.717) is 24.6 Å². The van der Waals surface area contributed by atoms with Gasteiger partial charge in [-0.25, -0.2) is 0 Å². The number of hydrogen-bond donors (Lipinski definition) is 3. The van der Waals surface area contributed by atoms with Gasteiger partial charge in [0.2, 0.25) is 5.91 Å². The SMILES string of the molecule is NC(=O)CCN(CCc1ccccc1)CCN(CCc1ccc(O)c(CO)c1)C1CCCCC1. The van der Waals surface area contributed by atoms with Crippen LogP contribution in [0.25, 0.3) is 0 Å². The van der Waals surface area contributed by atoms with E-state index in [1.54, 1.807) is 6.07 Å².